The zero-order valence-corrected chi connectivity index (χ0v) is 7.38. The quantitative estimate of drug-likeness (QED) is 0.706. The molecule has 2 rings (SSSR count). The second kappa shape index (κ2) is 3.14. The Balaban J connectivity index is 2.25. The van der Waals surface area contributed by atoms with Gasteiger partial charge in [0.25, 0.3) is 0 Å². The van der Waals surface area contributed by atoms with Crippen molar-refractivity contribution in [1.82, 2.24) is 0 Å². The second-order valence-electron chi connectivity index (χ2n) is 3.07. The van der Waals surface area contributed by atoms with Crippen LogP contribution in [0.2, 0.25) is 0 Å². The normalized spacial score (nSPS) is 21.1. The van der Waals surface area contributed by atoms with Crippen LogP contribution in [-0.2, 0) is 0 Å². The molecule has 0 aromatic heterocycles. The number of aliphatic hydroxyl groups is 1. The molecule has 0 spiro atoms. The molecule has 0 radical (unpaired) electrons. The SMILES string of the molecule is Cc1ccc(N2N=NCC2O)cc1. The molecule has 1 heterocycles. The average molecular weight is 177 g/mol. The summed E-state index contributed by atoms with van der Waals surface area (Å²) in [6.45, 7) is 2.37. The summed E-state index contributed by atoms with van der Waals surface area (Å²) < 4.78 is 0. The number of nitrogens with zero attached hydrogens (tertiary/aromatic N) is 3. The van der Waals surface area contributed by atoms with Crippen LogP contribution in [0, 0.1) is 6.92 Å². The number of rotatable bonds is 1. The van der Waals surface area contributed by atoms with E-state index in [2.05, 4.69) is 10.3 Å². The molecule has 68 valence electrons. The fourth-order valence-corrected chi connectivity index (χ4v) is 1.24. The fraction of sp³-hybridized carbons (Fsp3) is 0.333. The molecule has 0 fully saturated rings. The third kappa shape index (κ3) is 1.53. The lowest BCUT2D eigenvalue weighted by Crippen LogP contribution is -2.27. The summed E-state index contributed by atoms with van der Waals surface area (Å²) in [7, 11) is 0. The van der Waals surface area contributed by atoms with E-state index in [9.17, 15) is 5.11 Å². The van der Waals surface area contributed by atoms with Crippen molar-refractivity contribution in [3.63, 3.8) is 0 Å². The highest BCUT2D eigenvalue weighted by atomic mass is 16.3. The molecule has 1 N–H and O–H groups in total. The largest absolute Gasteiger partial charge is 0.370 e. The zero-order valence-electron chi connectivity index (χ0n) is 7.38. The summed E-state index contributed by atoms with van der Waals surface area (Å²) in [6.07, 6.45) is -0.609. The van der Waals surface area contributed by atoms with Crippen LogP contribution in [0.3, 0.4) is 0 Å². The van der Waals surface area contributed by atoms with Crippen LogP contribution in [0.1, 0.15) is 5.56 Å². The standard InChI is InChI=1S/C9H11N3O/c1-7-2-4-8(5-3-7)12-9(13)6-10-11-12/h2-5,9,13H,6H2,1H3. The minimum Gasteiger partial charge on any atom is -0.370 e. The van der Waals surface area contributed by atoms with E-state index in [0.29, 0.717) is 6.54 Å². The minimum absolute atomic E-state index is 0.355. The smallest absolute Gasteiger partial charge is 0.170 e. The first-order valence-corrected chi connectivity index (χ1v) is 4.19. The van der Waals surface area contributed by atoms with Crippen LogP contribution < -0.4 is 5.01 Å². The Bertz CT molecular complexity index is 320. The van der Waals surface area contributed by atoms with E-state index in [0.717, 1.165) is 5.69 Å². The lowest BCUT2D eigenvalue weighted by Gasteiger charge is -2.16. The Morgan fingerprint density at radius 2 is 2.08 bits per heavy atom. The summed E-state index contributed by atoms with van der Waals surface area (Å²) in [5.41, 5.74) is 2.06. The molecule has 0 saturated carbocycles. The molecule has 1 aromatic carbocycles. The number of hydrogen-bond acceptors (Lipinski definition) is 4. The van der Waals surface area contributed by atoms with Gasteiger partial charge in [0, 0.05) is 0 Å². The van der Waals surface area contributed by atoms with Gasteiger partial charge in [-0.3, -0.25) is 0 Å². The Morgan fingerprint density at radius 3 is 2.62 bits per heavy atom. The molecule has 13 heavy (non-hydrogen) atoms. The highest BCUT2D eigenvalue weighted by Crippen LogP contribution is 2.20. The van der Waals surface area contributed by atoms with E-state index in [1.807, 2.05) is 31.2 Å². The highest BCUT2D eigenvalue weighted by molar-refractivity contribution is 5.47. The van der Waals surface area contributed by atoms with Gasteiger partial charge in [-0.25, -0.2) is 5.01 Å². The van der Waals surface area contributed by atoms with E-state index < -0.39 is 6.23 Å². The van der Waals surface area contributed by atoms with Crippen LogP contribution in [-0.4, -0.2) is 17.9 Å². The predicted molar refractivity (Wildman–Crippen MR) is 49.4 cm³/mol. The Labute approximate surface area is 76.5 Å². The van der Waals surface area contributed by atoms with Gasteiger partial charge in [0.2, 0.25) is 0 Å². The molecular formula is C9H11N3O. The number of aryl methyl sites for hydroxylation is 1. The van der Waals surface area contributed by atoms with Gasteiger partial charge in [-0.15, -0.1) is 0 Å². The van der Waals surface area contributed by atoms with Gasteiger partial charge in [0.15, 0.2) is 6.23 Å². The van der Waals surface area contributed by atoms with Crippen molar-refractivity contribution in [2.75, 3.05) is 11.6 Å². The maximum Gasteiger partial charge on any atom is 0.170 e. The van der Waals surface area contributed by atoms with Gasteiger partial charge in [-0.1, -0.05) is 22.9 Å². The average Bonchev–Trinajstić information content (AvgIpc) is 2.53. The summed E-state index contributed by atoms with van der Waals surface area (Å²) >= 11 is 0. The Hall–Kier alpha value is -1.42. The first-order chi connectivity index (χ1) is 6.27. The molecule has 4 heteroatoms. The summed E-state index contributed by atoms with van der Waals surface area (Å²) in [5, 5.41) is 18.5. The molecule has 1 atom stereocenters. The maximum absolute atomic E-state index is 9.45. The van der Waals surface area contributed by atoms with Crippen LogP contribution in [0.5, 0.6) is 0 Å². The van der Waals surface area contributed by atoms with Crippen molar-refractivity contribution in [2.45, 2.75) is 13.2 Å². The molecule has 1 aromatic rings. The van der Waals surface area contributed by atoms with Crippen molar-refractivity contribution in [3.8, 4) is 0 Å². The van der Waals surface area contributed by atoms with Crippen LogP contribution in [0.25, 0.3) is 0 Å². The van der Waals surface area contributed by atoms with Gasteiger partial charge in [0.05, 0.1) is 5.69 Å². The van der Waals surface area contributed by atoms with Crippen molar-refractivity contribution in [1.29, 1.82) is 0 Å². The number of anilines is 1. The Kier molecular flexibility index (Phi) is 1.98. The Morgan fingerprint density at radius 1 is 1.38 bits per heavy atom. The predicted octanol–water partition coefficient (Wildman–Crippen LogP) is 1.50. The first kappa shape index (κ1) is 8.19. The van der Waals surface area contributed by atoms with Crippen molar-refractivity contribution < 1.29 is 5.11 Å². The van der Waals surface area contributed by atoms with Gasteiger partial charge >= 0.3 is 0 Å². The minimum atomic E-state index is -0.609. The number of hydrogen-bond donors (Lipinski definition) is 1. The van der Waals surface area contributed by atoms with E-state index in [-0.39, 0.29) is 0 Å². The van der Waals surface area contributed by atoms with E-state index in [1.165, 1.54) is 10.6 Å². The topological polar surface area (TPSA) is 48.2 Å². The summed E-state index contributed by atoms with van der Waals surface area (Å²) in [5.74, 6) is 0. The van der Waals surface area contributed by atoms with Crippen LogP contribution in [0.15, 0.2) is 34.6 Å². The zero-order chi connectivity index (χ0) is 9.26. The maximum atomic E-state index is 9.45. The molecular weight excluding hydrogens is 166 g/mol. The lowest BCUT2D eigenvalue weighted by atomic mass is 10.2. The second-order valence-corrected chi connectivity index (χ2v) is 3.07. The molecule has 4 nitrogen and oxygen atoms in total. The molecule has 1 aliphatic rings. The summed E-state index contributed by atoms with van der Waals surface area (Å²) in [4.78, 5) is 0. The molecule has 0 bridgehead atoms. The van der Waals surface area contributed by atoms with Crippen molar-refractivity contribution >= 4 is 5.69 Å². The molecule has 0 saturated heterocycles. The first-order valence-electron chi connectivity index (χ1n) is 4.19. The molecule has 1 aliphatic heterocycles. The van der Waals surface area contributed by atoms with E-state index in [1.54, 1.807) is 0 Å². The lowest BCUT2D eigenvalue weighted by molar-refractivity contribution is 0.194. The van der Waals surface area contributed by atoms with Crippen molar-refractivity contribution in [2.24, 2.45) is 10.3 Å². The molecule has 0 amide bonds. The van der Waals surface area contributed by atoms with Crippen LogP contribution in [0.4, 0.5) is 5.69 Å². The molecule has 0 aliphatic carbocycles. The third-order valence-electron chi connectivity index (χ3n) is 1.99. The summed E-state index contributed by atoms with van der Waals surface area (Å²) in [6, 6.07) is 7.80. The van der Waals surface area contributed by atoms with Gasteiger partial charge < -0.3 is 5.11 Å². The van der Waals surface area contributed by atoms with Gasteiger partial charge in [-0.05, 0) is 19.1 Å². The number of benzene rings is 1. The fourth-order valence-electron chi connectivity index (χ4n) is 1.24. The third-order valence-corrected chi connectivity index (χ3v) is 1.99. The van der Waals surface area contributed by atoms with Crippen molar-refractivity contribution in [3.05, 3.63) is 29.8 Å². The van der Waals surface area contributed by atoms with E-state index in [4.69, 9.17) is 0 Å². The van der Waals surface area contributed by atoms with E-state index >= 15 is 0 Å². The van der Waals surface area contributed by atoms with Crippen LogP contribution >= 0.6 is 0 Å². The monoisotopic (exact) mass is 177 g/mol. The van der Waals surface area contributed by atoms with Gasteiger partial charge in [-0.2, -0.15) is 5.11 Å². The number of aliphatic hydroxyl groups excluding tert-OH is 1. The highest BCUT2D eigenvalue weighted by Gasteiger charge is 2.20. The van der Waals surface area contributed by atoms with Gasteiger partial charge in [0.1, 0.15) is 6.54 Å². The molecule has 1 unspecified atom stereocenters.